The lowest BCUT2D eigenvalue weighted by Crippen LogP contribution is -2.50. The molecule has 2 aromatic rings. The Balaban J connectivity index is 1.69. The van der Waals surface area contributed by atoms with E-state index in [2.05, 4.69) is 0 Å². The molecule has 27 heavy (non-hydrogen) atoms. The van der Waals surface area contributed by atoms with E-state index in [-0.39, 0.29) is 29.7 Å². The van der Waals surface area contributed by atoms with Gasteiger partial charge >= 0.3 is 0 Å². The first-order chi connectivity index (χ1) is 12.8. The number of benzene rings is 1. The molecule has 0 spiro atoms. The van der Waals surface area contributed by atoms with Gasteiger partial charge in [0.25, 0.3) is 5.91 Å². The Morgan fingerprint density at radius 1 is 1.04 bits per heavy atom. The molecule has 1 aliphatic heterocycles. The van der Waals surface area contributed by atoms with E-state index in [9.17, 15) is 18.0 Å². The van der Waals surface area contributed by atoms with E-state index >= 15 is 0 Å². The summed E-state index contributed by atoms with van der Waals surface area (Å²) in [7, 11) is -3.63. The molecule has 6 nitrogen and oxygen atoms in total. The van der Waals surface area contributed by atoms with Gasteiger partial charge in [0.15, 0.2) is 5.78 Å². The highest BCUT2D eigenvalue weighted by Crippen LogP contribution is 2.22. The van der Waals surface area contributed by atoms with Gasteiger partial charge in [-0.3, -0.25) is 9.59 Å². The van der Waals surface area contributed by atoms with Gasteiger partial charge < -0.3 is 4.90 Å². The van der Waals surface area contributed by atoms with Crippen molar-refractivity contribution < 1.29 is 18.0 Å². The van der Waals surface area contributed by atoms with Gasteiger partial charge in [-0.05, 0) is 42.5 Å². The van der Waals surface area contributed by atoms with E-state index in [1.807, 2.05) is 18.4 Å². The van der Waals surface area contributed by atoms with Crippen LogP contribution >= 0.6 is 11.3 Å². The topological polar surface area (TPSA) is 74.8 Å². The van der Waals surface area contributed by atoms with Crippen LogP contribution in [-0.2, 0) is 16.4 Å². The number of carbonyl (C=O) groups is 2. The lowest BCUT2D eigenvalue weighted by atomic mass is 10.2. The van der Waals surface area contributed by atoms with Crippen LogP contribution in [0, 0.1) is 0 Å². The molecule has 144 valence electrons. The molecule has 0 saturated carbocycles. The van der Waals surface area contributed by atoms with Crippen molar-refractivity contribution in [2.45, 2.75) is 25.2 Å². The van der Waals surface area contributed by atoms with E-state index in [0.717, 1.165) is 16.9 Å². The van der Waals surface area contributed by atoms with Crippen molar-refractivity contribution in [2.75, 3.05) is 26.2 Å². The van der Waals surface area contributed by atoms with E-state index in [0.29, 0.717) is 18.7 Å². The minimum Gasteiger partial charge on any atom is -0.335 e. The summed E-state index contributed by atoms with van der Waals surface area (Å²) in [6.07, 6.45) is 0.801. The fraction of sp³-hybridized carbons (Fsp3) is 0.368. The minimum atomic E-state index is -3.63. The van der Waals surface area contributed by atoms with Gasteiger partial charge in [-0.25, -0.2) is 8.42 Å². The van der Waals surface area contributed by atoms with Gasteiger partial charge in [-0.1, -0.05) is 19.1 Å². The van der Waals surface area contributed by atoms with Gasteiger partial charge in [-0.2, -0.15) is 4.31 Å². The zero-order chi connectivity index (χ0) is 19.6. The lowest BCUT2D eigenvalue weighted by molar-refractivity contribution is 0.0701. The summed E-state index contributed by atoms with van der Waals surface area (Å²) in [5, 5.41) is 1.91. The van der Waals surface area contributed by atoms with Crippen LogP contribution in [0.25, 0.3) is 0 Å². The van der Waals surface area contributed by atoms with Crippen molar-refractivity contribution in [2.24, 2.45) is 0 Å². The number of nitrogens with zero attached hydrogens (tertiary/aromatic N) is 2. The lowest BCUT2D eigenvalue weighted by Gasteiger charge is -2.34. The number of carbonyl (C=O) groups excluding carboxylic acids is 2. The predicted octanol–water partition coefficient (Wildman–Crippen LogP) is 2.66. The maximum Gasteiger partial charge on any atom is 0.264 e. The number of aryl methyl sites for hydroxylation is 1. The first-order valence-electron chi connectivity index (χ1n) is 8.81. The summed E-state index contributed by atoms with van der Waals surface area (Å²) >= 11 is 1.43. The normalized spacial score (nSPS) is 15.7. The number of hydrogen-bond acceptors (Lipinski definition) is 5. The minimum absolute atomic E-state index is 0.0234. The van der Waals surface area contributed by atoms with E-state index in [4.69, 9.17) is 0 Å². The maximum atomic E-state index is 12.8. The third-order valence-corrected chi connectivity index (χ3v) is 7.60. The highest BCUT2D eigenvalue weighted by atomic mass is 32.2. The molecule has 1 aromatic carbocycles. The molecule has 0 aliphatic carbocycles. The van der Waals surface area contributed by atoms with Crippen molar-refractivity contribution in [1.29, 1.82) is 0 Å². The molecule has 3 rings (SSSR count). The van der Waals surface area contributed by atoms with Crippen molar-refractivity contribution in [1.82, 2.24) is 9.21 Å². The summed E-state index contributed by atoms with van der Waals surface area (Å²) in [4.78, 5) is 26.7. The number of rotatable bonds is 5. The molecule has 0 N–H and O–H groups in total. The molecule has 1 aliphatic rings. The smallest absolute Gasteiger partial charge is 0.264 e. The highest BCUT2D eigenvalue weighted by Gasteiger charge is 2.31. The van der Waals surface area contributed by atoms with Gasteiger partial charge in [0.2, 0.25) is 10.0 Å². The molecule has 0 unspecified atom stereocenters. The molecule has 1 fully saturated rings. The van der Waals surface area contributed by atoms with Crippen LogP contribution in [0.2, 0.25) is 0 Å². The Morgan fingerprint density at radius 3 is 2.22 bits per heavy atom. The zero-order valence-electron chi connectivity index (χ0n) is 15.3. The third kappa shape index (κ3) is 3.97. The maximum absolute atomic E-state index is 12.8. The fourth-order valence-corrected chi connectivity index (χ4v) is 5.47. The van der Waals surface area contributed by atoms with E-state index in [1.54, 1.807) is 4.90 Å². The van der Waals surface area contributed by atoms with Crippen molar-refractivity contribution in [3.63, 3.8) is 0 Å². The second-order valence-electron chi connectivity index (χ2n) is 6.41. The van der Waals surface area contributed by atoms with E-state index in [1.165, 1.54) is 46.8 Å². The van der Waals surface area contributed by atoms with Crippen LogP contribution in [0.1, 0.15) is 39.4 Å². The van der Waals surface area contributed by atoms with Crippen LogP contribution in [0.4, 0.5) is 0 Å². The standard InChI is InChI=1S/C19H22N2O4S2/c1-3-15-8-13-26-18(15)19(23)20-9-11-21(12-10-20)27(24,25)17-6-4-16(5-7-17)14(2)22/h4-8,13H,3,9-12H2,1-2H3. The number of sulfonamides is 1. The Bertz CT molecular complexity index is 940. The Labute approximate surface area is 163 Å². The Kier molecular flexibility index (Phi) is 5.78. The van der Waals surface area contributed by atoms with Crippen LogP contribution in [-0.4, -0.2) is 55.5 Å². The SMILES string of the molecule is CCc1ccsc1C(=O)N1CCN(S(=O)(=O)c2ccc(C(C)=O)cc2)CC1. The fourth-order valence-electron chi connectivity index (χ4n) is 3.09. The molecule has 1 saturated heterocycles. The first kappa shape index (κ1) is 19.7. The van der Waals surface area contributed by atoms with Crippen molar-refractivity contribution >= 4 is 33.1 Å². The van der Waals surface area contributed by atoms with Crippen LogP contribution in [0.5, 0.6) is 0 Å². The van der Waals surface area contributed by atoms with Crippen LogP contribution < -0.4 is 0 Å². The summed E-state index contributed by atoms with van der Waals surface area (Å²) < 4.78 is 27.0. The largest absolute Gasteiger partial charge is 0.335 e. The average molecular weight is 407 g/mol. The molecule has 8 heteroatoms. The highest BCUT2D eigenvalue weighted by molar-refractivity contribution is 7.89. The Morgan fingerprint density at radius 2 is 1.67 bits per heavy atom. The van der Waals surface area contributed by atoms with Gasteiger partial charge in [0.1, 0.15) is 0 Å². The summed E-state index contributed by atoms with van der Waals surface area (Å²) in [6.45, 7) is 4.71. The molecule has 1 amide bonds. The molecule has 0 bridgehead atoms. The number of thiophene rings is 1. The zero-order valence-corrected chi connectivity index (χ0v) is 17.0. The molecular weight excluding hydrogens is 384 g/mol. The number of Topliss-reactive ketones (excluding diaryl/α,β-unsaturated/α-hetero) is 1. The molecule has 1 aromatic heterocycles. The second kappa shape index (κ2) is 7.92. The Hall–Kier alpha value is -2.03. The quantitative estimate of drug-likeness (QED) is 0.716. The average Bonchev–Trinajstić information content (AvgIpc) is 3.16. The number of hydrogen-bond donors (Lipinski definition) is 0. The van der Waals surface area contributed by atoms with E-state index < -0.39 is 10.0 Å². The number of amides is 1. The molecular formula is C19H22N2O4S2. The molecule has 0 atom stereocenters. The monoisotopic (exact) mass is 406 g/mol. The second-order valence-corrected chi connectivity index (χ2v) is 9.26. The number of ketones is 1. The third-order valence-electron chi connectivity index (χ3n) is 4.75. The summed E-state index contributed by atoms with van der Waals surface area (Å²) in [5.41, 5.74) is 1.51. The summed E-state index contributed by atoms with van der Waals surface area (Å²) in [6, 6.07) is 7.94. The first-order valence-corrected chi connectivity index (χ1v) is 11.1. The number of piperazine rings is 1. The van der Waals surface area contributed by atoms with Crippen molar-refractivity contribution in [3.05, 3.63) is 51.7 Å². The van der Waals surface area contributed by atoms with Gasteiger partial charge in [0.05, 0.1) is 9.77 Å². The predicted molar refractivity (Wildman–Crippen MR) is 105 cm³/mol. The van der Waals surface area contributed by atoms with Crippen LogP contribution in [0.15, 0.2) is 40.6 Å². The van der Waals surface area contributed by atoms with Gasteiger partial charge in [-0.15, -0.1) is 11.3 Å². The van der Waals surface area contributed by atoms with Gasteiger partial charge in [0, 0.05) is 31.7 Å². The van der Waals surface area contributed by atoms with Crippen LogP contribution in [0.3, 0.4) is 0 Å². The molecule has 2 heterocycles. The van der Waals surface area contributed by atoms with Crippen molar-refractivity contribution in [3.8, 4) is 0 Å². The molecule has 0 radical (unpaired) electrons. The summed E-state index contributed by atoms with van der Waals surface area (Å²) in [5.74, 6) is -0.129.